The molecule has 1 aliphatic carbocycles. The van der Waals surface area contributed by atoms with E-state index in [1.165, 1.54) is 6.42 Å². The van der Waals surface area contributed by atoms with Gasteiger partial charge in [0.05, 0.1) is 18.2 Å². The third kappa shape index (κ3) is 2.11. The molecule has 92 valence electrons. The maximum Gasteiger partial charge on any atom is 0.112 e. The third-order valence-corrected chi connectivity index (χ3v) is 3.79. The Labute approximate surface area is 98.2 Å². The Balaban J connectivity index is 2.12. The molecular formula is C13H23NO2. The summed E-state index contributed by atoms with van der Waals surface area (Å²) < 4.78 is 11.6. The van der Waals surface area contributed by atoms with E-state index in [0.29, 0.717) is 0 Å². The van der Waals surface area contributed by atoms with Gasteiger partial charge in [0.1, 0.15) is 5.76 Å². The fourth-order valence-corrected chi connectivity index (χ4v) is 2.66. The molecule has 2 aliphatic rings. The minimum atomic E-state index is -0.0147. The first-order valence-electron chi connectivity index (χ1n) is 6.44. The minimum absolute atomic E-state index is 0.0147. The van der Waals surface area contributed by atoms with Crippen LogP contribution < -0.4 is 5.32 Å². The molecule has 0 bridgehead atoms. The predicted octanol–water partition coefficient (Wildman–Crippen LogP) is 2.23. The first-order valence-corrected chi connectivity index (χ1v) is 6.44. The van der Waals surface area contributed by atoms with Crippen LogP contribution in [0.4, 0.5) is 0 Å². The zero-order chi connectivity index (χ0) is 11.4. The maximum absolute atomic E-state index is 5.79. The van der Waals surface area contributed by atoms with Crippen LogP contribution in [0.1, 0.15) is 39.0 Å². The monoisotopic (exact) mass is 225 g/mol. The van der Waals surface area contributed by atoms with Gasteiger partial charge >= 0.3 is 0 Å². The number of hydrogen-bond donors (Lipinski definition) is 1. The number of hydrogen-bond acceptors (Lipinski definition) is 3. The molecule has 0 radical (unpaired) electrons. The molecule has 3 heteroatoms. The summed E-state index contributed by atoms with van der Waals surface area (Å²) in [6.07, 6.45) is 8.06. The highest BCUT2D eigenvalue weighted by molar-refractivity contribution is 5.16. The van der Waals surface area contributed by atoms with Crippen molar-refractivity contribution < 1.29 is 9.47 Å². The van der Waals surface area contributed by atoms with Crippen LogP contribution in [0.15, 0.2) is 11.8 Å². The van der Waals surface area contributed by atoms with Gasteiger partial charge in [0.15, 0.2) is 0 Å². The van der Waals surface area contributed by atoms with Gasteiger partial charge in [-0.15, -0.1) is 0 Å². The molecule has 3 nitrogen and oxygen atoms in total. The molecule has 0 spiro atoms. The van der Waals surface area contributed by atoms with E-state index in [2.05, 4.69) is 18.3 Å². The topological polar surface area (TPSA) is 30.5 Å². The maximum atomic E-state index is 5.79. The average molecular weight is 225 g/mol. The summed E-state index contributed by atoms with van der Waals surface area (Å²) in [4.78, 5) is 0. The lowest BCUT2D eigenvalue weighted by molar-refractivity contribution is -0.100. The Morgan fingerprint density at radius 3 is 2.75 bits per heavy atom. The lowest BCUT2D eigenvalue weighted by Crippen LogP contribution is -2.57. The molecule has 0 aromatic rings. The van der Waals surface area contributed by atoms with Crippen LogP contribution in [0.2, 0.25) is 0 Å². The van der Waals surface area contributed by atoms with Crippen LogP contribution in [-0.2, 0) is 9.47 Å². The summed E-state index contributed by atoms with van der Waals surface area (Å²) in [6, 6.07) is 0.247. The molecule has 0 amide bonds. The molecule has 1 atom stereocenters. The van der Waals surface area contributed by atoms with Gasteiger partial charge in [-0.25, -0.2) is 0 Å². The van der Waals surface area contributed by atoms with Crippen LogP contribution >= 0.6 is 0 Å². The summed E-state index contributed by atoms with van der Waals surface area (Å²) in [6.45, 7) is 3.95. The largest absolute Gasteiger partial charge is 0.496 e. The second-order valence-electron chi connectivity index (χ2n) is 4.71. The second kappa shape index (κ2) is 5.19. The van der Waals surface area contributed by atoms with Gasteiger partial charge in [-0.05, 0) is 44.7 Å². The van der Waals surface area contributed by atoms with Crippen LogP contribution in [0.25, 0.3) is 0 Å². The summed E-state index contributed by atoms with van der Waals surface area (Å²) in [5.41, 5.74) is -0.0147. The fourth-order valence-electron chi connectivity index (χ4n) is 2.66. The number of nitrogens with one attached hydrogen (secondary N) is 1. The van der Waals surface area contributed by atoms with Crippen molar-refractivity contribution in [3.05, 3.63) is 11.8 Å². The third-order valence-electron chi connectivity index (χ3n) is 3.79. The smallest absolute Gasteiger partial charge is 0.112 e. The molecule has 1 aliphatic heterocycles. The van der Waals surface area contributed by atoms with Gasteiger partial charge < -0.3 is 14.8 Å². The van der Waals surface area contributed by atoms with Crippen molar-refractivity contribution in [3.63, 3.8) is 0 Å². The lowest BCUT2D eigenvalue weighted by atomic mass is 9.73. The molecule has 16 heavy (non-hydrogen) atoms. The molecule has 1 unspecified atom stereocenters. The minimum Gasteiger partial charge on any atom is -0.496 e. The van der Waals surface area contributed by atoms with Crippen LogP contribution in [0.5, 0.6) is 0 Å². The van der Waals surface area contributed by atoms with Crippen LogP contribution in [0, 0.1) is 0 Å². The van der Waals surface area contributed by atoms with E-state index in [0.717, 1.165) is 44.6 Å². The van der Waals surface area contributed by atoms with Crippen molar-refractivity contribution in [1.82, 2.24) is 5.32 Å². The van der Waals surface area contributed by atoms with Gasteiger partial charge in [-0.3, -0.25) is 0 Å². The summed E-state index contributed by atoms with van der Waals surface area (Å²) >= 11 is 0. The lowest BCUT2D eigenvalue weighted by Gasteiger charge is -2.47. The highest BCUT2D eigenvalue weighted by atomic mass is 16.5. The van der Waals surface area contributed by atoms with Crippen LogP contribution in [0.3, 0.4) is 0 Å². The van der Waals surface area contributed by atoms with Gasteiger partial charge in [0.25, 0.3) is 0 Å². The molecule has 2 rings (SSSR count). The van der Waals surface area contributed by atoms with E-state index in [4.69, 9.17) is 9.47 Å². The van der Waals surface area contributed by atoms with Gasteiger partial charge in [0, 0.05) is 7.11 Å². The zero-order valence-corrected chi connectivity index (χ0v) is 10.4. The number of rotatable bonds is 5. The van der Waals surface area contributed by atoms with E-state index < -0.39 is 0 Å². The summed E-state index contributed by atoms with van der Waals surface area (Å²) in [5, 5.41) is 3.53. The Hall–Kier alpha value is -0.540. The molecule has 1 fully saturated rings. The number of methoxy groups -OCH3 is 1. The SMILES string of the molecule is CCNC(C1=CCCCO1)C1(OC)CCC1. The molecule has 0 aromatic carbocycles. The van der Waals surface area contributed by atoms with Crippen molar-refractivity contribution in [2.45, 2.75) is 50.7 Å². The average Bonchev–Trinajstić information content (AvgIpc) is 2.28. The van der Waals surface area contributed by atoms with Gasteiger partial charge in [-0.1, -0.05) is 6.92 Å². The summed E-state index contributed by atoms with van der Waals surface area (Å²) in [5.74, 6) is 1.11. The number of likely N-dealkylation sites (N-methyl/N-ethyl adjacent to an activating group) is 1. The first-order chi connectivity index (χ1) is 7.82. The number of allylic oxidation sites excluding steroid dienone is 1. The zero-order valence-electron chi connectivity index (χ0n) is 10.4. The van der Waals surface area contributed by atoms with Gasteiger partial charge in [0.2, 0.25) is 0 Å². The van der Waals surface area contributed by atoms with E-state index in [1.807, 2.05) is 7.11 Å². The van der Waals surface area contributed by atoms with E-state index in [1.54, 1.807) is 0 Å². The molecule has 1 heterocycles. The number of ether oxygens (including phenoxy) is 2. The summed E-state index contributed by atoms with van der Waals surface area (Å²) in [7, 11) is 1.83. The van der Waals surface area contributed by atoms with Crippen molar-refractivity contribution in [1.29, 1.82) is 0 Å². The van der Waals surface area contributed by atoms with E-state index >= 15 is 0 Å². The Bertz CT molecular complexity index is 253. The van der Waals surface area contributed by atoms with Crippen molar-refractivity contribution >= 4 is 0 Å². The molecule has 1 saturated carbocycles. The Morgan fingerprint density at radius 2 is 2.31 bits per heavy atom. The standard InChI is InChI=1S/C13H23NO2/c1-3-14-12(11-7-4-5-10-16-11)13(15-2)8-6-9-13/h7,12,14H,3-6,8-10H2,1-2H3. The molecule has 0 aromatic heterocycles. The van der Waals surface area contributed by atoms with Crippen molar-refractivity contribution in [2.24, 2.45) is 0 Å². The van der Waals surface area contributed by atoms with Crippen LogP contribution in [-0.4, -0.2) is 31.9 Å². The fraction of sp³-hybridized carbons (Fsp3) is 0.846. The normalized spacial score (nSPS) is 25.2. The van der Waals surface area contributed by atoms with Crippen molar-refractivity contribution in [2.75, 3.05) is 20.3 Å². The molecule has 0 saturated heterocycles. The highest BCUT2D eigenvalue weighted by Crippen LogP contribution is 2.41. The first kappa shape index (κ1) is 11.9. The van der Waals surface area contributed by atoms with Crippen molar-refractivity contribution in [3.8, 4) is 0 Å². The molecular weight excluding hydrogens is 202 g/mol. The van der Waals surface area contributed by atoms with Gasteiger partial charge in [-0.2, -0.15) is 0 Å². The van der Waals surface area contributed by atoms with E-state index in [9.17, 15) is 0 Å². The van der Waals surface area contributed by atoms with E-state index in [-0.39, 0.29) is 11.6 Å². The second-order valence-corrected chi connectivity index (χ2v) is 4.71. The predicted molar refractivity (Wildman–Crippen MR) is 64.3 cm³/mol. The molecule has 1 N–H and O–H groups in total. The Morgan fingerprint density at radius 1 is 1.50 bits per heavy atom. The Kier molecular flexibility index (Phi) is 3.87. The highest BCUT2D eigenvalue weighted by Gasteiger charge is 2.46. The quantitative estimate of drug-likeness (QED) is 0.778.